The zero-order valence-corrected chi connectivity index (χ0v) is 16.3. The van der Waals surface area contributed by atoms with Crippen LogP contribution in [0, 0.1) is 0 Å². The molecule has 1 fully saturated rings. The standard InChI is InChI=1S/C21H25N5O2/c1-16(18-15-22-10-11-23-18)26-12-8-21(27-2,9-13-26)20-24-19(25-28-20)14-17-6-4-3-5-7-17/h3-7,10-11,15-16H,8-9,12-14H2,1-2H3/t16-/m0/s1. The molecule has 0 radical (unpaired) electrons. The SMILES string of the molecule is COC1(c2nc(Cc3ccccc3)no2)CCN([C@@H](C)c2cnccn2)CC1. The first-order valence-electron chi connectivity index (χ1n) is 9.62. The molecule has 1 aliphatic heterocycles. The summed E-state index contributed by atoms with van der Waals surface area (Å²) in [5.74, 6) is 1.26. The van der Waals surface area contributed by atoms with Gasteiger partial charge in [-0.15, -0.1) is 0 Å². The van der Waals surface area contributed by atoms with Crippen LogP contribution in [0.2, 0.25) is 0 Å². The molecule has 0 N–H and O–H groups in total. The second-order valence-electron chi connectivity index (χ2n) is 7.22. The third-order valence-corrected chi connectivity index (χ3v) is 5.62. The van der Waals surface area contributed by atoms with E-state index in [-0.39, 0.29) is 6.04 Å². The van der Waals surface area contributed by atoms with Crippen LogP contribution in [0.5, 0.6) is 0 Å². The van der Waals surface area contributed by atoms with E-state index in [1.807, 2.05) is 24.4 Å². The van der Waals surface area contributed by atoms with Crippen molar-refractivity contribution < 1.29 is 9.26 Å². The highest BCUT2D eigenvalue weighted by Crippen LogP contribution is 2.37. The van der Waals surface area contributed by atoms with Gasteiger partial charge in [-0.05, 0) is 25.3 Å². The summed E-state index contributed by atoms with van der Waals surface area (Å²) < 4.78 is 11.5. The number of benzene rings is 1. The second-order valence-corrected chi connectivity index (χ2v) is 7.22. The summed E-state index contributed by atoms with van der Waals surface area (Å²) >= 11 is 0. The molecule has 1 aromatic carbocycles. The Kier molecular flexibility index (Phi) is 5.45. The monoisotopic (exact) mass is 379 g/mol. The summed E-state index contributed by atoms with van der Waals surface area (Å²) in [7, 11) is 1.73. The number of hydrogen-bond acceptors (Lipinski definition) is 7. The Labute approximate surface area is 164 Å². The van der Waals surface area contributed by atoms with Crippen LogP contribution in [0.15, 0.2) is 53.4 Å². The molecule has 3 heterocycles. The Morgan fingerprint density at radius 3 is 2.64 bits per heavy atom. The van der Waals surface area contributed by atoms with Gasteiger partial charge in [0.15, 0.2) is 5.82 Å². The molecule has 146 valence electrons. The van der Waals surface area contributed by atoms with E-state index in [4.69, 9.17) is 9.26 Å². The Bertz CT molecular complexity index is 876. The molecular formula is C21H25N5O2. The van der Waals surface area contributed by atoms with Crippen molar-refractivity contribution in [1.29, 1.82) is 0 Å². The number of aromatic nitrogens is 4. The molecule has 0 spiro atoms. The fraction of sp³-hybridized carbons (Fsp3) is 0.429. The molecule has 0 bridgehead atoms. The van der Waals surface area contributed by atoms with Crippen LogP contribution in [0.25, 0.3) is 0 Å². The average Bonchev–Trinajstić information content (AvgIpc) is 3.24. The lowest BCUT2D eigenvalue weighted by atomic mass is 9.90. The van der Waals surface area contributed by atoms with Gasteiger partial charge in [0, 0.05) is 45.2 Å². The summed E-state index contributed by atoms with van der Waals surface area (Å²) in [6, 6.07) is 10.4. The highest BCUT2D eigenvalue weighted by atomic mass is 16.5. The van der Waals surface area contributed by atoms with Crippen molar-refractivity contribution >= 4 is 0 Å². The molecule has 0 unspecified atom stereocenters. The molecular weight excluding hydrogens is 354 g/mol. The maximum Gasteiger partial charge on any atom is 0.258 e. The first-order chi connectivity index (χ1) is 13.7. The van der Waals surface area contributed by atoms with Gasteiger partial charge in [0.1, 0.15) is 5.60 Å². The Morgan fingerprint density at radius 2 is 1.96 bits per heavy atom. The summed E-state index contributed by atoms with van der Waals surface area (Å²) in [6.07, 6.45) is 7.51. The predicted octanol–water partition coefficient (Wildman–Crippen LogP) is 3.15. The van der Waals surface area contributed by atoms with Crippen LogP contribution in [0.4, 0.5) is 0 Å². The minimum absolute atomic E-state index is 0.208. The molecule has 1 atom stereocenters. The van der Waals surface area contributed by atoms with Gasteiger partial charge in [-0.3, -0.25) is 14.9 Å². The van der Waals surface area contributed by atoms with Crippen molar-refractivity contribution in [2.24, 2.45) is 0 Å². The highest BCUT2D eigenvalue weighted by molar-refractivity contribution is 5.19. The fourth-order valence-corrected chi connectivity index (χ4v) is 3.78. The van der Waals surface area contributed by atoms with Crippen LogP contribution in [0.3, 0.4) is 0 Å². The van der Waals surface area contributed by atoms with E-state index in [0.717, 1.165) is 37.2 Å². The minimum atomic E-state index is -0.527. The minimum Gasteiger partial charge on any atom is -0.368 e. The number of piperidine rings is 1. The van der Waals surface area contributed by atoms with E-state index in [9.17, 15) is 0 Å². The normalized spacial score (nSPS) is 18.1. The fourth-order valence-electron chi connectivity index (χ4n) is 3.78. The largest absolute Gasteiger partial charge is 0.368 e. The van der Waals surface area contributed by atoms with Gasteiger partial charge in [0.05, 0.1) is 11.7 Å². The zero-order chi connectivity index (χ0) is 19.4. The molecule has 3 aromatic rings. The van der Waals surface area contributed by atoms with Crippen molar-refractivity contribution in [3.05, 3.63) is 71.9 Å². The molecule has 7 nitrogen and oxygen atoms in total. The molecule has 4 rings (SSSR count). The lowest BCUT2D eigenvalue weighted by Gasteiger charge is -2.40. The quantitative estimate of drug-likeness (QED) is 0.651. The third kappa shape index (κ3) is 3.81. The number of likely N-dealkylation sites (tertiary alicyclic amines) is 1. The second kappa shape index (κ2) is 8.16. The van der Waals surface area contributed by atoms with Gasteiger partial charge in [-0.2, -0.15) is 4.98 Å². The lowest BCUT2D eigenvalue weighted by Crippen LogP contribution is -2.45. The van der Waals surface area contributed by atoms with Gasteiger partial charge < -0.3 is 9.26 Å². The van der Waals surface area contributed by atoms with Crippen LogP contribution in [-0.4, -0.2) is 45.2 Å². The van der Waals surface area contributed by atoms with Gasteiger partial charge in [-0.25, -0.2) is 0 Å². The van der Waals surface area contributed by atoms with E-state index in [0.29, 0.717) is 18.1 Å². The highest BCUT2D eigenvalue weighted by Gasteiger charge is 2.42. The Hall–Kier alpha value is -2.64. The van der Waals surface area contributed by atoms with Gasteiger partial charge in [-0.1, -0.05) is 35.5 Å². The number of hydrogen-bond donors (Lipinski definition) is 0. The van der Waals surface area contributed by atoms with Crippen molar-refractivity contribution in [2.45, 2.75) is 37.8 Å². The maximum atomic E-state index is 5.91. The van der Waals surface area contributed by atoms with Crippen LogP contribution < -0.4 is 0 Å². The van der Waals surface area contributed by atoms with E-state index < -0.39 is 5.60 Å². The van der Waals surface area contributed by atoms with Gasteiger partial charge >= 0.3 is 0 Å². The summed E-state index contributed by atoms with van der Waals surface area (Å²) in [5.41, 5.74) is 1.62. The number of methoxy groups -OCH3 is 1. The number of rotatable bonds is 6. The first kappa shape index (κ1) is 18.7. The first-order valence-corrected chi connectivity index (χ1v) is 9.62. The average molecular weight is 379 g/mol. The van der Waals surface area contributed by atoms with Crippen molar-refractivity contribution in [3.63, 3.8) is 0 Å². The number of ether oxygens (including phenoxy) is 1. The topological polar surface area (TPSA) is 77.2 Å². The van der Waals surface area contributed by atoms with E-state index >= 15 is 0 Å². The molecule has 1 aliphatic rings. The van der Waals surface area contributed by atoms with Crippen molar-refractivity contribution in [3.8, 4) is 0 Å². The zero-order valence-electron chi connectivity index (χ0n) is 16.3. The van der Waals surface area contributed by atoms with E-state index in [2.05, 4.69) is 44.1 Å². The Balaban J connectivity index is 1.44. The predicted molar refractivity (Wildman–Crippen MR) is 103 cm³/mol. The van der Waals surface area contributed by atoms with Gasteiger partial charge in [0.25, 0.3) is 5.89 Å². The molecule has 2 aromatic heterocycles. The summed E-state index contributed by atoms with van der Waals surface area (Å²) in [6.45, 7) is 3.89. The number of nitrogens with zero attached hydrogens (tertiary/aromatic N) is 5. The Morgan fingerprint density at radius 1 is 1.18 bits per heavy atom. The maximum absolute atomic E-state index is 5.91. The molecule has 0 aliphatic carbocycles. The molecule has 7 heteroatoms. The molecule has 0 amide bonds. The summed E-state index contributed by atoms with van der Waals surface area (Å²) in [5, 5.41) is 4.18. The van der Waals surface area contributed by atoms with Crippen molar-refractivity contribution in [1.82, 2.24) is 25.0 Å². The molecule has 0 saturated carbocycles. The lowest BCUT2D eigenvalue weighted by molar-refractivity contribution is -0.0879. The summed E-state index contributed by atoms with van der Waals surface area (Å²) in [4.78, 5) is 15.7. The third-order valence-electron chi connectivity index (χ3n) is 5.62. The van der Waals surface area contributed by atoms with Gasteiger partial charge in [0.2, 0.25) is 0 Å². The molecule has 28 heavy (non-hydrogen) atoms. The van der Waals surface area contributed by atoms with Crippen LogP contribution in [-0.2, 0) is 16.8 Å². The molecule has 1 saturated heterocycles. The smallest absolute Gasteiger partial charge is 0.258 e. The van der Waals surface area contributed by atoms with Crippen LogP contribution >= 0.6 is 0 Å². The van der Waals surface area contributed by atoms with Crippen LogP contribution in [0.1, 0.15) is 48.8 Å². The van der Waals surface area contributed by atoms with Crippen molar-refractivity contribution in [2.75, 3.05) is 20.2 Å². The van der Waals surface area contributed by atoms with E-state index in [1.54, 1.807) is 19.5 Å². The van der Waals surface area contributed by atoms with E-state index in [1.165, 1.54) is 0 Å².